The third-order valence-corrected chi connectivity index (χ3v) is 3.71. The molecule has 2 heterocycles. The van der Waals surface area contributed by atoms with Crippen LogP contribution < -0.4 is 10.6 Å². The summed E-state index contributed by atoms with van der Waals surface area (Å²) in [5.41, 5.74) is 0. The maximum atomic E-state index is 11.7. The van der Waals surface area contributed by atoms with Gasteiger partial charge in [-0.3, -0.25) is 9.69 Å². The Labute approximate surface area is 96.8 Å². The van der Waals surface area contributed by atoms with Gasteiger partial charge in [-0.1, -0.05) is 5.92 Å². The number of terminal acetylenes is 1. The Hall–Kier alpha value is -1.05. The summed E-state index contributed by atoms with van der Waals surface area (Å²) in [6, 6.07) is -0.0565. The highest BCUT2D eigenvalue weighted by Crippen LogP contribution is 2.27. The Morgan fingerprint density at radius 3 is 2.75 bits per heavy atom. The summed E-state index contributed by atoms with van der Waals surface area (Å²) in [6.07, 6.45) is 5.12. The summed E-state index contributed by atoms with van der Waals surface area (Å²) >= 11 is 0. The standard InChI is InChI=1S/C12H19N3O/c1-3-4-14-12(16)9(2)15-7-10-5-13-6-11(10)8-15/h1,9-11,13H,4-8H2,2H3,(H,14,16). The van der Waals surface area contributed by atoms with Crippen LogP contribution in [0.1, 0.15) is 6.92 Å². The van der Waals surface area contributed by atoms with E-state index < -0.39 is 0 Å². The number of likely N-dealkylation sites (tertiary alicyclic amines) is 1. The predicted molar refractivity (Wildman–Crippen MR) is 62.7 cm³/mol. The van der Waals surface area contributed by atoms with Gasteiger partial charge in [0.15, 0.2) is 0 Å². The molecule has 2 aliphatic heterocycles. The molecular formula is C12H19N3O. The van der Waals surface area contributed by atoms with Crippen LogP contribution in [0.4, 0.5) is 0 Å². The molecule has 2 aliphatic rings. The highest BCUT2D eigenvalue weighted by Gasteiger charge is 2.39. The zero-order valence-electron chi connectivity index (χ0n) is 9.70. The van der Waals surface area contributed by atoms with Crippen molar-refractivity contribution in [2.75, 3.05) is 32.7 Å². The first-order chi connectivity index (χ1) is 7.72. The first-order valence-corrected chi connectivity index (χ1v) is 5.88. The van der Waals surface area contributed by atoms with Gasteiger partial charge >= 0.3 is 0 Å². The molecule has 0 spiro atoms. The fourth-order valence-corrected chi connectivity index (χ4v) is 2.66. The molecule has 3 atom stereocenters. The van der Waals surface area contributed by atoms with E-state index in [-0.39, 0.29) is 11.9 Å². The zero-order valence-corrected chi connectivity index (χ0v) is 9.70. The van der Waals surface area contributed by atoms with Gasteiger partial charge in [-0.15, -0.1) is 6.42 Å². The fraction of sp³-hybridized carbons (Fsp3) is 0.750. The number of carbonyl (C=O) groups excluding carboxylic acids is 1. The lowest BCUT2D eigenvalue weighted by atomic mass is 10.0. The average Bonchev–Trinajstić information content (AvgIpc) is 2.84. The lowest BCUT2D eigenvalue weighted by Crippen LogP contribution is -2.45. The summed E-state index contributed by atoms with van der Waals surface area (Å²) in [5, 5.41) is 6.14. The molecule has 0 aliphatic carbocycles. The summed E-state index contributed by atoms with van der Waals surface area (Å²) in [6.45, 7) is 6.54. The molecule has 16 heavy (non-hydrogen) atoms. The lowest BCUT2D eigenvalue weighted by molar-refractivity contribution is -0.125. The summed E-state index contributed by atoms with van der Waals surface area (Å²) < 4.78 is 0. The van der Waals surface area contributed by atoms with E-state index in [0.717, 1.165) is 38.0 Å². The third kappa shape index (κ3) is 2.21. The Balaban J connectivity index is 1.84. The molecule has 0 saturated carbocycles. The Kier molecular flexibility index (Phi) is 3.47. The molecule has 0 aromatic carbocycles. The van der Waals surface area contributed by atoms with Crippen LogP contribution in [0, 0.1) is 24.2 Å². The van der Waals surface area contributed by atoms with Crippen LogP contribution >= 0.6 is 0 Å². The topological polar surface area (TPSA) is 44.4 Å². The minimum Gasteiger partial charge on any atom is -0.344 e. The van der Waals surface area contributed by atoms with Crippen LogP contribution in [0.2, 0.25) is 0 Å². The van der Waals surface area contributed by atoms with Crippen LogP contribution in [-0.2, 0) is 4.79 Å². The van der Waals surface area contributed by atoms with Crippen LogP contribution in [0.3, 0.4) is 0 Å². The zero-order chi connectivity index (χ0) is 11.5. The van der Waals surface area contributed by atoms with Crippen molar-refractivity contribution in [2.45, 2.75) is 13.0 Å². The normalized spacial score (nSPS) is 30.8. The van der Waals surface area contributed by atoms with Gasteiger partial charge < -0.3 is 10.6 Å². The van der Waals surface area contributed by atoms with E-state index in [2.05, 4.69) is 21.5 Å². The van der Waals surface area contributed by atoms with Crippen LogP contribution in [-0.4, -0.2) is 49.6 Å². The minimum atomic E-state index is -0.0565. The van der Waals surface area contributed by atoms with Gasteiger partial charge in [0.2, 0.25) is 5.91 Å². The molecule has 2 fully saturated rings. The second-order valence-electron chi connectivity index (χ2n) is 4.73. The van der Waals surface area contributed by atoms with E-state index in [1.54, 1.807) is 0 Å². The molecule has 0 bridgehead atoms. The van der Waals surface area contributed by atoms with E-state index in [0.29, 0.717) is 6.54 Å². The molecule has 4 heteroatoms. The van der Waals surface area contributed by atoms with Gasteiger partial charge in [-0.05, 0) is 31.8 Å². The van der Waals surface area contributed by atoms with Crippen molar-refractivity contribution in [3.05, 3.63) is 0 Å². The summed E-state index contributed by atoms with van der Waals surface area (Å²) in [7, 11) is 0. The molecular weight excluding hydrogens is 202 g/mol. The monoisotopic (exact) mass is 221 g/mol. The smallest absolute Gasteiger partial charge is 0.237 e. The van der Waals surface area contributed by atoms with Gasteiger partial charge in [0.1, 0.15) is 0 Å². The molecule has 0 aromatic heterocycles. The van der Waals surface area contributed by atoms with Crippen molar-refractivity contribution in [3.8, 4) is 12.3 Å². The number of nitrogens with zero attached hydrogens (tertiary/aromatic N) is 1. The summed E-state index contributed by atoms with van der Waals surface area (Å²) in [4.78, 5) is 14.0. The first-order valence-electron chi connectivity index (χ1n) is 5.88. The number of nitrogens with one attached hydrogen (secondary N) is 2. The molecule has 2 rings (SSSR count). The van der Waals surface area contributed by atoms with Crippen molar-refractivity contribution in [1.29, 1.82) is 0 Å². The van der Waals surface area contributed by atoms with E-state index in [1.165, 1.54) is 0 Å². The van der Waals surface area contributed by atoms with E-state index in [9.17, 15) is 4.79 Å². The molecule has 3 unspecified atom stereocenters. The maximum Gasteiger partial charge on any atom is 0.237 e. The number of fused-ring (bicyclic) bond motifs is 1. The molecule has 0 aromatic rings. The molecule has 2 N–H and O–H groups in total. The SMILES string of the molecule is C#CCNC(=O)C(C)N1CC2CNCC2C1. The molecule has 88 valence electrons. The highest BCUT2D eigenvalue weighted by atomic mass is 16.2. The van der Waals surface area contributed by atoms with Crippen molar-refractivity contribution in [2.24, 2.45) is 11.8 Å². The van der Waals surface area contributed by atoms with Crippen LogP contribution in [0.15, 0.2) is 0 Å². The van der Waals surface area contributed by atoms with Crippen molar-refractivity contribution in [3.63, 3.8) is 0 Å². The van der Waals surface area contributed by atoms with Crippen molar-refractivity contribution < 1.29 is 4.79 Å². The number of rotatable bonds is 3. The maximum absolute atomic E-state index is 11.7. The number of carbonyl (C=O) groups is 1. The van der Waals surface area contributed by atoms with Gasteiger partial charge in [-0.25, -0.2) is 0 Å². The van der Waals surface area contributed by atoms with E-state index >= 15 is 0 Å². The second-order valence-corrected chi connectivity index (χ2v) is 4.73. The quantitative estimate of drug-likeness (QED) is 0.618. The van der Waals surface area contributed by atoms with Crippen molar-refractivity contribution in [1.82, 2.24) is 15.5 Å². The first kappa shape index (κ1) is 11.4. The molecule has 1 amide bonds. The second kappa shape index (κ2) is 4.86. The van der Waals surface area contributed by atoms with Gasteiger partial charge in [0.25, 0.3) is 0 Å². The fourth-order valence-electron chi connectivity index (χ4n) is 2.66. The Morgan fingerprint density at radius 1 is 1.56 bits per heavy atom. The molecule has 4 nitrogen and oxygen atoms in total. The predicted octanol–water partition coefficient (Wildman–Crippen LogP) is -0.724. The van der Waals surface area contributed by atoms with Gasteiger partial charge in [-0.2, -0.15) is 0 Å². The Morgan fingerprint density at radius 2 is 2.19 bits per heavy atom. The van der Waals surface area contributed by atoms with Crippen molar-refractivity contribution >= 4 is 5.91 Å². The highest BCUT2D eigenvalue weighted by molar-refractivity contribution is 5.81. The molecule has 0 radical (unpaired) electrons. The summed E-state index contributed by atoms with van der Waals surface area (Å²) in [5.74, 6) is 3.92. The number of hydrogen-bond acceptors (Lipinski definition) is 3. The van der Waals surface area contributed by atoms with Gasteiger partial charge in [0.05, 0.1) is 12.6 Å². The van der Waals surface area contributed by atoms with Crippen LogP contribution in [0.25, 0.3) is 0 Å². The van der Waals surface area contributed by atoms with Crippen LogP contribution in [0.5, 0.6) is 0 Å². The third-order valence-electron chi connectivity index (χ3n) is 3.71. The minimum absolute atomic E-state index is 0.0471. The lowest BCUT2D eigenvalue weighted by Gasteiger charge is -2.23. The largest absolute Gasteiger partial charge is 0.344 e. The van der Waals surface area contributed by atoms with E-state index in [1.807, 2.05) is 6.92 Å². The molecule has 2 saturated heterocycles. The van der Waals surface area contributed by atoms with Gasteiger partial charge in [0, 0.05) is 13.1 Å². The number of amides is 1. The Bertz CT molecular complexity index is 298. The number of hydrogen-bond donors (Lipinski definition) is 2. The average molecular weight is 221 g/mol. The van der Waals surface area contributed by atoms with E-state index in [4.69, 9.17) is 6.42 Å².